The molecule has 0 atom stereocenters. The molecule has 118 valence electrons. The van der Waals surface area contributed by atoms with Gasteiger partial charge in [-0.05, 0) is 31.9 Å². The number of rotatable bonds is 8. The first-order valence-corrected chi connectivity index (χ1v) is 7.31. The predicted molar refractivity (Wildman–Crippen MR) is 79.9 cm³/mol. The van der Waals surface area contributed by atoms with Crippen LogP contribution in [0.1, 0.15) is 49.5 Å². The van der Waals surface area contributed by atoms with Gasteiger partial charge in [0.2, 0.25) is 0 Å². The Labute approximate surface area is 125 Å². The number of aromatic hydroxyl groups is 1. The summed E-state index contributed by atoms with van der Waals surface area (Å²) in [5.41, 5.74) is 0.374. The third-order valence-electron chi connectivity index (χ3n) is 3.75. The second kappa shape index (κ2) is 8.10. The summed E-state index contributed by atoms with van der Waals surface area (Å²) in [6.07, 6.45) is 1.79. The molecule has 21 heavy (non-hydrogen) atoms. The van der Waals surface area contributed by atoms with Crippen LogP contribution in [0.5, 0.6) is 5.75 Å². The Bertz CT molecular complexity index is 487. The number of nitrogens with zero attached hydrogens (tertiary/aromatic N) is 1. The fourth-order valence-corrected chi connectivity index (χ4v) is 2.59. The van der Waals surface area contributed by atoms with E-state index in [1.54, 1.807) is 0 Å². The number of phenolic OH excluding ortho intramolecular Hbond substituents is 1. The molecule has 0 heterocycles. The summed E-state index contributed by atoms with van der Waals surface area (Å²) in [6.45, 7) is 6.13. The van der Waals surface area contributed by atoms with Gasteiger partial charge in [0.1, 0.15) is 11.6 Å². The lowest BCUT2D eigenvalue weighted by Crippen LogP contribution is -2.36. The van der Waals surface area contributed by atoms with E-state index in [0.717, 1.165) is 18.9 Å². The molecule has 2 N–H and O–H groups in total. The minimum absolute atomic E-state index is 0.00139. The van der Waals surface area contributed by atoms with E-state index in [-0.39, 0.29) is 29.7 Å². The molecule has 0 spiro atoms. The Morgan fingerprint density at radius 1 is 1.33 bits per heavy atom. The molecule has 0 aliphatic rings. The van der Waals surface area contributed by atoms with Gasteiger partial charge in [-0.25, -0.2) is 4.39 Å². The van der Waals surface area contributed by atoms with Gasteiger partial charge in [-0.3, -0.25) is 9.69 Å². The van der Waals surface area contributed by atoms with Crippen molar-refractivity contribution in [1.82, 2.24) is 4.90 Å². The summed E-state index contributed by atoms with van der Waals surface area (Å²) in [6, 6.07) is 2.53. The highest BCUT2D eigenvalue weighted by molar-refractivity contribution is 5.97. The van der Waals surface area contributed by atoms with Gasteiger partial charge >= 0.3 is 0 Å². The van der Waals surface area contributed by atoms with Crippen molar-refractivity contribution >= 4 is 5.78 Å². The maximum absolute atomic E-state index is 13.6. The number of carbonyl (C=O) groups excluding carboxylic acids is 1. The fraction of sp³-hybridized carbons (Fsp3) is 0.562. The smallest absolute Gasteiger partial charge is 0.163 e. The van der Waals surface area contributed by atoms with Crippen LogP contribution in [0.25, 0.3) is 0 Å². The number of ketones is 1. The molecule has 0 unspecified atom stereocenters. The first-order valence-electron chi connectivity index (χ1n) is 7.31. The van der Waals surface area contributed by atoms with E-state index in [0.29, 0.717) is 18.7 Å². The molecule has 1 aromatic carbocycles. The Kier molecular flexibility index (Phi) is 6.78. The molecule has 0 aliphatic heterocycles. The summed E-state index contributed by atoms with van der Waals surface area (Å²) in [4.78, 5) is 13.4. The summed E-state index contributed by atoms with van der Waals surface area (Å²) in [5, 5.41) is 19.3. The Morgan fingerprint density at radius 3 is 2.43 bits per heavy atom. The van der Waals surface area contributed by atoms with Crippen LogP contribution < -0.4 is 0 Å². The zero-order valence-electron chi connectivity index (χ0n) is 12.9. The third kappa shape index (κ3) is 4.51. The maximum Gasteiger partial charge on any atom is 0.163 e. The normalized spacial score (nSPS) is 11.4. The minimum atomic E-state index is -0.540. The largest absolute Gasteiger partial charge is 0.507 e. The van der Waals surface area contributed by atoms with Gasteiger partial charge in [-0.1, -0.05) is 13.8 Å². The molecular formula is C16H24FNO3. The van der Waals surface area contributed by atoms with Crippen LogP contribution in [0, 0.1) is 5.82 Å². The van der Waals surface area contributed by atoms with Crippen molar-refractivity contribution in [3.05, 3.63) is 29.1 Å². The highest BCUT2D eigenvalue weighted by Gasteiger charge is 2.19. The predicted octanol–water partition coefficient (Wildman–Crippen LogP) is 2.72. The van der Waals surface area contributed by atoms with Gasteiger partial charge in [-0.15, -0.1) is 0 Å². The SMILES string of the molecule is CCC(CC)N(CCO)Cc1cc(F)cc(C(C)=O)c1O. The van der Waals surface area contributed by atoms with Crippen LogP contribution in [-0.4, -0.2) is 40.1 Å². The Morgan fingerprint density at radius 2 is 1.95 bits per heavy atom. The Hall–Kier alpha value is -1.46. The topological polar surface area (TPSA) is 60.8 Å². The number of benzene rings is 1. The first-order chi connectivity index (χ1) is 9.94. The zero-order valence-corrected chi connectivity index (χ0v) is 12.9. The van der Waals surface area contributed by atoms with Gasteiger partial charge in [0.25, 0.3) is 0 Å². The average molecular weight is 297 g/mol. The number of phenols is 1. The molecule has 0 amide bonds. The lowest BCUT2D eigenvalue weighted by Gasteiger charge is -2.30. The maximum atomic E-state index is 13.6. The number of aliphatic hydroxyl groups excluding tert-OH is 1. The molecule has 5 heteroatoms. The molecular weight excluding hydrogens is 273 g/mol. The van der Waals surface area contributed by atoms with E-state index in [2.05, 4.69) is 0 Å². The van der Waals surface area contributed by atoms with E-state index >= 15 is 0 Å². The second-order valence-corrected chi connectivity index (χ2v) is 5.18. The average Bonchev–Trinajstić information content (AvgIpc) is 2.43. The molecule has 0 aromatic heterocycles. The molecule has 4 nitrogen and oxygen atoms in total. The molecule has 0 saturated carbocycles. The van der Waals surface area contributed by atoms with Crippen LogP contribution in [0.4, 0.5) is 4.39 Å². The van der Waals surface area contributed by atoms with Crippen molar-refractivity contribution < 1.29 is 19.4 Å². The van der Waals surface area contributed by atoms with Gasteiger partial charge < -0.3 is 10.2 Å². The highest BCUT2D eigenvalue weighted by atomic mass is 19.1. The van der Waals surface area contributed by atoms with Gasteiger partial charge in [0, 0.05) is 24.7 Å². The van der Waals surface area contributed by atoms with E-state index < -0.39 is 5.82 Å². The minimum Gasteiger partial charge on any atom is -0.507 e. The van der Waals surface area contributed by atoms with Gasteiger partial charge in [0.15, 0.2) is 5.78 Å². The van der Waals surface area contributed by atoms with E-state index in [9.17, 15) is 19.4 Å². The number of hydrogen-bond donors (Lipinski definition) is 2. The van der Waals surface area contributed by atoms with Crippen LogP contribution in [-0.2, 0) is 6.54 Å². The van der Waals surface area contributed by atoms with Crippen LogP contribution >= 0.6 is 0 Å². The van der Waals surface area contributed by atoms with Crippen LogP contribution in [0.2, 0.25) is 0 Å². The lowest BCUT2D eigenvalue weighted by molar-refractivity contribution is 0.101. The van der Waals surface area contributed by atoms with Crippen molar-refractivity contribution in [2.75, 3.05) is 13.2 Å². The summed E-state index contributed by atoms with van der Waals surface area (Å²) < 4.78 is 13.6. The van der Waals surface area contributed by atoms with E-state index in [1.807, 2.05) is 18.7 Å². The van der Waals surface area contributed by atoms with Gasteiger partial charge in [0.05, 0.1) is 12.2 Å². The quantitative estimate of drug-likeness (QED) is 0.724. The standard InChI is InChI=1S/C16H24FNO3/c1-4-14(5-2)18(6-7-19)10-12-8-13(17)9-15(11(3)20)16(12)21/h8-9,14,19,21H,4-7,10H2,1-3H3. The van der Waals surface area contributed by atoms with Crippen molar-refractivity contribution in [1.29, 1.82) is 0 Å². The third-order valence-corrected chi connectivity index (χ3v) is 3.75. The molecule has 0 bridgehead atoms. The molecule has 0 saturated heterocycles. The number of Topliss-reactive ketones (excluding diaryl/α,β-unsaturated/α-hetero) is 1. The van der Waals surface area contributed by atoms with Crippen molar-refractivity contribution in [3.63, 3.8) is 0 Å². The van der Waals surface area contributed by atoms with Gasteiger partial charge in [-0.2, -0.15) is 0 Å². The number of halogens is 1. The number of carbonyl (C=O) groups is 1. The van der Waals surface area contributed by atoms with Crippen molar-refractivity contribution in [2.45, 2.75) is 46.2 Å². The number of hydrogen-bond acceptors (Lipinski definition) is 4. The number of aliphatic hydroxyl groups is 1. The summed E-state index contributed by atoms with van der Waals surface area (Å²) in [5.74, 6) is -1.08. The molecule has 0 fully saturated rings. The molecule has 0 radical (unpaired) electrons. The summed E-state index contributed by atoms with van der Waals surface area (Å²) >= 11 is 0. The van der Waals surface area contributed by atoms with Crippen LogP contribution in [0.3, 0.4) is 0 Å². The molecule has 1 aromatic rings. The lowest BCUT2D eigenvalue weighted by atomic mass is 10.0. The van der Waals surface area contributed by atoms with Crippen LogP contribution in [0.15, 0.2) is 12.1 Å². The van der Waals surface area contributed by atoms with E-state index in [4.69, 9.17) is 0 Å². The Balaban J connectivity index is 3.11. The second-order valence-electron chi connectivity index (χ2n) is 5.18. The molecule has 1 rings (SSSR count). The summed E-state index contributed by atoms with van der Waals surface area (Å²) in [7, 11) is 0. The molecule has 0 aliphatic carbocycles. The monoisotopic (exact) mass is 297 g/mol. The van der Waals surface area contributed by atoms with Crippen molar-refractivity contribution in [2.24, 2.45) is 0 Å². The zero-order chi connectivity index (χ0) is 16.0. The fourth-order valence-electron chi connectivity index (χ4n) is 2.59. The highest BCUT2D eigenvalue weighted by Crippen LogP contribution is 2.27. The first kappa shape index (κ1) is 17.6. The van der Waals surface area contributed by atoms with E-state index in [1.165, 1.54) is 13.0 Å². The van der Waals surface area contributed by atoms with Crippen molar-refractivity contribution in [3.8, 4) is 5.75 Å².